The second-order valence-electron chi connectivity index (χ2n) is 8.19. The number of ether oxygens (including phenoxy) is 3. The first kappa shape index (κ1) is 27.0. The van der Waals surface area contributed by atoms with E-state index in [9.17, 15) is 0 Å². The molecule has 1 saturated heterocycles. The second kappa shape index (κ2) is 14.1. The Kier molecular flexibility index (Phi) is 12.7. The van der Waals surface area contributed by atoms with Crippen LogP contribution in [0.15, 0.2) is 23.2 Å². The van der Waals surface area contributed by atoms with E-state index in [2.05, 4.69) is 56.5 Å². The standard InChI is InChI=1S/C23H39N3O3.HI/c1-6-24-22(26-17-23(27-5)10-13-28-14-11-23)25-16-20-8-7-19(4)15-21(20)29-12-9-18(2)3;/h7-8,15,18H,6,9-14,16-17H2,1-5H3,(H2,24,25,26);1H. The van der Waals surface area contributed by atoms with Crippen LogP contribution in [-0.4, -0.2) is 51.6 Å². The third-order valence-electron chi connectivity index (χ3n) is 5.34. The molecule has 6 nitrogen and oxygen atoms in total. The van der Waals surface area contributed by atoms with Gasteiger partial charge in [0, 0.05) is 51.8 Å². The molecule has 1 aliphatic rings. The maximum atomic E-state index is 6.07. The third-order valence-corrected chi connectivity index (χ3v) is 5.34. The van der Waals surface area contributed by atoms with Gasteiger partial charge in [0.05, 0.1) is 18.8 Å². The summed E-state index contributed by atoms with van der Waals surface area (Å²) in [6.07, 6.45) is 2.83. The van der Waals surface area contributed by atoms with Crippen LogP contribution in [0.5, 0.6) is 5.75 Å². The van der Waals surface area contributed by atoms with Crippen molar-refractivity contribution in [3.63, 3.8) is 0 Å². The van der Waals surface area contributed by atoms with E-state index in [4.69, 9.17) is 19.2 Å². The van der Waals surface area contributed by atoms with Crippen molar-refractivity contribution in [1.82, 2.24) is 10.6 Å². The third kappa shape index (κ3) is 8.98. The number of hydrogen-bond acceptors (Lipinski definition) is 4. The zero-order valence-corrected chi connectivity index (χ0v) is 21.6. The van der Waals surface area contributed by atoms with E-state index in [1.807, 2.05) is 0 Å². The minimum atomic E-state index is -0.191. The molecule has 2 N–H and O–H groups in total. The van der Waals surface area contributed by atoms with E-state index >= 15 is 0 Å². The molecular weight excluding hydrogens is 493 g/mol. The van der Waals surface area contributed by atoms with Crippen LogP contribution < -0.4 is 15.4 Å². The van der Waals surface area contributed by atoms with Gasteiger partial charge >= 0.3 is 0 Å². The van der Waals surface area contributed by atoms with E-state index in [-0.39, 0.29) is 29.6 Å². The number of methoxy groups -OCH3 is 1. The van der Waals surface area contributed by atoms with Crippen LogP contribution in [0.4, 0.5) is 0 Å². The van der Waals surface area contributed by atoms with Gasteiger partial charge in [-0.15, -0.1) is 24.0 Å². The van der Waals surface area contributed by atoms with Gasteiger partial charge in [-0.1, -0.05) is 26.0 Å². The predicted octanol–water partition coefficient (Wildman–Crippen LogP) is 4.29. The normalized spacial score (nSPS) is 16.1. The van der Waals surface area contributed by atoms with Crippen molar-refractivity contribution in [3.8, 4) is 5.75 Å². The van der Waals surface area contributed by atoms with Crippen LogP contribution in [-0.2, 0) is 16.0 Å². The van der Waals surface area contributed by atoms with Crippen LogP contribution in [0, 0.1) is 12.8 Å². The van der Waals surface area contributed by atoms with E-state index < -0.39 is 0 Å². The molecule has 1 aliphatic heterocycles. The molecule has 1 heterocycles. The maximum absolute atomic E-state index is 6.07. The molecule has 0 aromatic heterocycles. The fourth-order valence-corrected chi connectivity index (χ4v) is 3.28. The van der Waals surface area contributed by atoms with Crippen LogP contribution in [0.25, 0.3) is 0 Å². The van der Waals surface area contributed by atoms with Crippen LogP contribution >= 0.6 is 24.0 Å². The molecule has 0 amide bonds. The molecule has 172 valence electrons. The van der Waals surface area contributed by atoms with Gasteiger partial charge in [0.25, 0.3) is 0 Å². The molecule has 1 fully saturated rings. The average molecular weight is 533 g/mol. The first-order valence-electron chi connectivity index (χ1n) is 10.9. The number of nitrogens with zero attached hydrogens (tertiary/aromatic N) is 1. The zero-order valence-electron chi connectivity index (χ0n) is 19.3. The summed E-state index contributed by atoms with van der Waals surface area (Å²) < 4.78 is 17.4. The highest BCUT2D eigenvalue weighted by Crippen LogP contribution is 2.24. The minimum Gasteiger partial charge on any atom is -0.493 e. The molecule has 0 aliphatic carbocycles. The smallest absolute Gasteiger partial charge is 0.191 e. The molecule has 0 unspecified atom stereocenters. The van der Waals surface area contributed by atoms with E-state index in [0.717, 1.165) is 62.9 Å². The number of benzene rings is 1. The fraction of sp³-hybridized carbons (Fsp3) is 0.696. The number of rotatable bonds is 10. The van der Waals surface area contributed by atoms with Gasteiger partial charge in [-0.3, -0.25) is 0 Å². The Morgan fingerprint density at radius 1 is 1.23 bits per heavy atom. The number of hydrogen-bond donors (Lipinski definition) is 2. The van der Waals surface area contributed by atoms with Crippen molar-refractivity contribution in [2.45, 2.75) is 59.1 Å². The molecule has 0 bridgehead atoms. The highest BCUT2D eigenvalue weighted by atomic mass is 127. The zero-order chi connectivity index (χ0) is 21.1. The number of nitrogens with one attached hydrogen (secondary N) is 2. The maximum Gasteiger partial charge on any atom is 0.191 e. The monoisotopic (exact) mass is 533 g/mol. The van der Waals surface area contributed by atoms with Gasteiger partial charge in [0.15, 0.2) is 5.96 Å². The van der Waals surface area contributed by atoms with Gasteiger partial charge in [0.1, 0.15) is 5.75 Å². The molecule has 1 aromatic rings. The van der Waals surface area contributed by atoms with Crippen LogP contribution in [0.3, 0.4) is 0 Å². The molecule has 0 spiro atoms. The lowest BCUT2D eigenvalue weighted by molar-refractivity contribution is -0.0855. The number of aryl methyl sites for hydroxylation is 1. The first-order valence-corrected chi connectivity index (χ1v) is 10.9. The molecule has 0 saturated carbocycles. The predicted molar refractivity (Wildman–Crippen MR) is 134 cm³/mol. The molecule has 2 rings (SSSR count). The molecular formula is C23H40IN3O3. The Labute approximate surface area is 199 Å². The Morgan fingerprint density at radius 2 is 1.97 bits per heavy atom. The summed E-state index contributed by atoms with van der Waals surface area (Å²) >= 11 is 0. The second-order valence-corrected chi connectivity index (χ2v) is 8.19. The SMILES string of the molecule is CCNC(=NCc1ccc(C)cc1OCCC(C)C)NCC1(OC)CCOCC1.I. The highest BCUT2D eigenvalue weighted by Gasteiger charge is 2.32. The van der Waals surface area contributed by atoms with Crippen molar-refractivity contribution in [2.75, 3.05) is 40.0 Å². The Bertz CT molecular complexity index is 647. The van der Waals surface area contributed by atoms with Crippen LogP contribution in [0.2, 0.25) is 0 Å². The summed E-state index contributed by atoms with van der Waals surface area (Å²) in [6.45, 7) is 12.9. The number of halogens is 1. The Hall–Kier alpha value is -1.06. The fourth-order valence-electron chi connectivity index (χ4n) is 3.28. The lowest BCUT2D eigenvalue weighted by atomic mass is 9.94. The molecule has 1 aromatic carbocycles. The van der Waals surface area contributed by atoms with Gasteiger partial charge in [-0.05, 0) is 37.8 Å². The van der Waals surface area contributed by atoms with E-state index in [1.165, 1.54) is 5.56 Å². The largest absolute Gasteiger partial charge is 0.493 e. The topological polar surface area (TPSA) is 64.1 Å². The van der Waals surface area contributed by atoms with Gasteiger partial charge in [-0.2, -0.15) is 0 Å². The lowest BCUT2D eigenvalue weighted by Gasteiger charge is -2.36. The van der Waals surface area contributed by atoms with Crippen molar-refractivity contribution in [2.24, 2.45) is 10.9 Å². The summed E-state index contributed by atoms with van der Waals surface area (Å²) in [4.78, 5) is 4.79. The average Bonchev–Trinajstić information content (AvgIpc) is 2.71. The number of aliphatic imine (C=N–C) groups is 1. The van der Waals surface area contributed by atoms with Crippen LogP contribution in [0.1, 0.15) is 51.2 Å². The molecule has 0 radical (unpaired) electrons. The van der Waals surface area contributed by atoms with E-state index in [0.29, 0.717) is 19.0 Å². The molecule has 0 atom stereocenters. The number of guanidine groups is 1. The lowest BCUT2D eigenvalue weighted by Crippen LogP contribution is -2.50. The summed E-state index contributed by atoms with van der Waals surface area (Å²) in [5.74, 6) is 2.36. The van der Waals surface area contributed by atoms with Gasteiger partial charge < -0.3 is 24.8 Å². The quantitative estimate of drug-likeness (QED) is 0.267. The van der Waals surface area contributed by atoms with Crippen molar-refractivity contribution in [1.29, 1.82) is 0 Å². The summed E-state index contributed by atoms with van der Waals surface area (Å²) in [6, 6.07) is 6.33. The minimum absolute atomic E-state index is 0. The Balaban J connectivity index is 0.00000450. The Morgan fingerprint density at radius 3 is 2.60 bits per heavy atom. The van der Waals surface area contributed by atoms with Gasteiger partial charge in [-0.25, -0.2) is 4.99 Å². The van der Waals surface area contributed by atoms with Crippen molar-refractivity contribution in [3.05, 3.63) is 29.3 Å². The first-order chi connectivity index (χ1) is 14.0. The summed E-state index contributed by atoms with van der Waals surface area (Å²) in [7, 11) is 1.78. The van der Waals surface area contributed by atoms with Gasteiger partial charge in [0.2, 0.25) is 0 Å². The summed E-state index contributed by atoms with van der Waals surface area (Å²) in [5, 5.41) is 6.79. The van der Waals surface area contributed by atoms with E-state index in [1.54, 1.807) is 7.11 Å². The van der Waals surface area contributed by atoms with Crippen molar-refractivity contribution < 1.29 is 14.2 Å². The highest BCUT2D eigenvalue weighted by molar-refractivity contribution is 14.0. The molecule has 30 heavy (non-hydrogen) atoms. The van der Waals surface area contributed by atoms with Crippen molar-refractivity contribution >= 4 is 29.9 Å². The molecule has 7 heteroatoms. The summed E-state index contributed by atoms with van der Waals surface area (Å²) in [5.41, 5.74) is 2.11.